The molecule has 1 saturated carbocycles. The van der Waals surface area contributed by atoms with E-state index in [-0.39, 0.29) is 11.8 Å². The summed E-state index contributed by atoms with van der Waals surface area (Å²) in [6.07, 6.45) is 6.46. The Morgan fingerprint density at radius 1 is 0.935 bits per heavy atom. The number of methoxy groups -OCH3 is 1. The van der Waals surface area contributed by atoms with Crippen molar-refractivity contribution < 1.29 is 14.3 Å². The summed E-state index contributed by atoms with van der Waals surface area (Å²) in [5.41, 5.74) is 1.48. The highest BCUT2D eigenvalue weighted by Crippen LogP contribution is 2.40. The summed E-state index contributed by atoms with van der Waals surface area (Å²) in [5, 5.41) is 0. The van der Waals surface area contributed by atoms with Crippen LogP contribution in [0.1, 0.15) is 64.9 Å². The molecule has 0 N–H and O–H groups in total. The zero-order valence-electron chi connectivity index (χ0n) is 19.9. The predicted molar refractivity (Wildman–Crippen MR) is 124 cm³/mol. The topological polar surface area (TPSA) is 49.9 Å². The first-order chi connectivity index (χ1) is 14.8. The molecular weight excluding hydrogens is 388 g/mol. The Balaban J connectivity index is 1.45. The Morgan fingerprint density at radius 3 is 2.16 bits per heavy atom. The molecule has 2 fully saturated rings. The molecule has 0 unspecified atom stereocenters. The zero-order chi connectivity index (χ0) is 22.4. The van der Waals surface area contributed by atoms with Crippen LogP contribution in [0.4, 0.5) is 0 Å². The largest absolute Gasteiger partial charge is 0.497 e. The number of benzene rings is 1. The molecule has 3 rings (SSSR count). The van der Waals surface area contributed by atoms with Gasteiger partial charge in [0, 0.05) is 38.5 Å². The Labute approximate surface area is 188 Å². The van der Waals surface area contributed by atoms with Gasteiger partial charge in [0.15, 0.2) is 0 Å². The van der Waals surface area contributed by atoms with Crippen molar-refractivity contribution in [2.45, 2.75) is 65.7 Å². The van der Waals surface area contributed by atoms with Crippen LogP contribution in [0.2, 0.25) is 0 Å². The minimum atomic E-state index is 0.177. The van der Waals surface area contributed by atoms with Gasteiger partial charge in [-0.1, -0.05) is 32.9 Å². The SMILES string of the molecule is COc1ccc(CCC(=O)N2CCCN(C(=O)C3CCC(C(C)(C)C)CC3)CC2)cc1. The van der Waals surface area contributed by atoms with Crippen molar-refractivity contribution in [1.82, 2.24) is 9.80 Å². The average molecular weight is 429 g/mol. The lowest BCUT2D eigenvalue weighted by molar-refractivity contribution is -0.138. The Kier molecular flexibility index (Phi) is 8.01. The van der Waals surface area contributed by atoms with Crippen LogP contribution in [0.5, 0.6) is 5.75 Å². The third kappa shape index (κ3) is 6.47. The first-order valence-electron chi connectivity index (χ1n) is 12.0. The molecule has 1 aliphatic carbocycles. The van der Waals surface area contributed by atoms with E-state index in [4.69, 9.17) is 4.74 Å². The molecule has 5 heteroatoms. The number of hydrogen-bond acceptors (Lipinski definition) is 3. The summed E-state index contributed by atoms with van der Waals surface area (Å²) < 4.78 is 5.19. The second-order valence-electron chi connectivity index (χ2n) is 10.3. The lowest BCUT2D eigenvalue weighted by Crippen LogP contribution is -2.41. The molecule has 172 valence electrons. The number of hydrogen-bond donors (Lipinski definition) is 0. The number of nitrogens with zero attached hydrogens (tertiary/aromatic N) is 2. The van der Waals surface area contributed by atoms with Crippen molar-refractivity contribution in [3.63, 3.8) is 0 Å². The Bertz CT molecular complexity index is 730. The van der Waals surface area contributed by atoms with Gasteiger partial charge in [-0.05, 0) is 67.6 Å². The van der Waals surface area contributed by atoms with Crippen molar-refractivity contribution in [2.75, 3.05) is 33.3 Å². The van der Waals surface area contributed by atoms with E-state index in [0.29, 0.717) is 30.8 Å². The fourth-order valence-corrected chi connectivity index (χ4v) is 5.05. The fourth-order valence-electron chi connectivity index (χ4n) is 5.05. The molecule has 5 nitrogen and oxygen atoms in total. The number of ether oxygens (including phenoxy) is 1. The van der Waals surface area contributed by atoms with Gasteiger partial charge in [0.1, 0.15) is 5.75 Å². The van der Waals surface area contributed by atoms with Gasteiger partial charge in [-0.2, -0.15) is 0 Å². The van der Waals surface area contributed by atoms with E-state index in [2.05, 4.69) is 20.8 Å². The summed E-state index contributed by atoms with van der Waals surface area (Å²) >= 11 is 0. The number of carbonyl (C=O) groups is 2. The van der Waals surface area contributed by atoms with Crippen molar-refractivity contribution in [2.24, 2.45) is 17.3 Å². The van der Waals surface area contributed by atoms with Crippen LogP contribution in [0.15, 0.2) is 24.3 Å². The van der Waals surface area contributed by atoms with E-state index < -0.39 is 0 Å². The normalized spacial score (nSPS) is 22.7. The minimum Gasteiger partial charge on any atom is -0.497 e. The van der Waals surface area contributed by atoms with E-state index in [1.807, 2.05) is 34.1 Å². The van der Waals surface area contributed by atoms with Crippen molar-refractivity contribution in [3.8, 4) is 5.75 Å². The van der Waals surface area contributed by atoms with Crippen LogP contribution in [-0.2, 0) is 16.0 Å². The van der Waals surface area contributed by atoms with Crippen LogP contribution in [0.25, 0.3) is 0 Å². The zero-order valence-corrected chi connectivity index (χ0v) is 19.9. The average Bonchev–Trinajstić information content (AvgIpc) is 3.03. The van der Waals surface area contributed by atoms with E-state index in [1.54, 1.807) is 7.11 Å². The van der Waals surface area contributed by atoms with Gasteiger partial charge in [-0.3, -0.25) is 9.59 Å². The molecule has 2 aliphatic rings. The van der Waals surface area contributed by atoms with Crippen LogP contribution in [0, 0.1) is 17.3 Å². The molecule has 0 spiro atoms. The van der Waals surface area contributed by atoms with Crippen molar-refractivity contribution in [3.05, 3.63) is 29.8 Å². The highest BCUT2D eigenvalue weighted by molar-refractivity contribution is 5.79. The lowest BCUT2D eigenvalue weighted by Gasteiger charge is -2.37. The Hall–Kier alpha value is -2.04. The highest BCUT2D eigenvalue weighted by atomic mass is 16.5. The maximum Gasteiger partial charge on any atom is 0.225 e. The monoisotopic (exact) mass is 428 g/mol. The third-order valence-electron chi connectivity index (χ3n) is 7.25. The van der Waals surface area contributed by atoms with Crippen LogP contribution < -0.4 is 4.74 Å². The van der Waals surface area contributed by atoms with Gasteiger partial charge in [0.25, 0.3) is 0 Å². The third-order valence-corrected chi connectivity index (χ3v) is 7.25. The molecule has 1 aromatic rings. The maximum atomic E-state index is 13.1. The van der Waals surface area contributed by atoms with Crippen LogP contribution >= 0.6 is 0 Å². The van der Waals surface area contributed by atoms with Crippen LogP contribution in [-0.4, -0.2) is 54.9 Å². The molecule has 2 amide bonds. The molecule has 1 aromatic carbocycles. The van der Waals surface area contributed by atoms with Crippen LogP contribution in [0.3, 0.4) is 0 Å². The van der Waals surface area contributed by atoms with Gasteiger partial charge in [-0.15, -0.1) is 0 Å². The van der Waals surface area contributed by atoms with E-state index in [1.165, 1.54) is 0 Å². The number of rotatable bonds is 5. The lowest BCUT2D eigenvalue weighted by atomic mass is 9.69. The van der Waals surface area contributed by atoms with Crippen molar-refractivity contribution in [1.29, 1.82) is 0 Å². The van der Waals surface area contributed by atoms with Gasteiger partial charge in [-0.25, -0.2) is 0 Å². The summed E-state index contributed by atoms with van der Waals surface area (Å²) in [6.45, 7) is 9.80. The van der Waals surface area contributed by atoms with Gasteiger partial charge in [0.05, 0.1) is 7.11 Å². The predicted octanol–water partition coefficient (Wildman–Crippen LogP) is 4.54. The molecule has 0 atom stereocenters. The van der Waals surface area contributed by atoms with Gasteiger partial charge >= 0.3 is 0 Å². The number of amides is 2. The smallest absolute Gasteiger partial charge is 0.225 e. The van der Waals surface area contributed by atoms with E-state index >= 15 is 0 Å². The Morgan fingerprint density at radius 2 is 1.55 bits per heavy atom. The molecule has 1 saturated heterocycles. The molecule has 0 radical (unpaired) electrons. The fraction of sp³-hybridized carbons (Fsp3) is 0.692. The molecule has 1 aliphatic heterocycles. The first-order valence-corrected chi connectivity index (χ1v) is 12.0. The van der Waals surface area contributed by atoms with Crippen molar-refractivity contribution >= 4 is 11.8 Å². The van der Waals surface area contributed by atoms with E-state index in [0.717, 1.165) is 68.8 Å². The number of aryl methyl sites for hydroxylation is 1. The second-order valence-corrected chi connectivity index (χ2v) is 10.3. The quantitative estimate of drug-likeness (QED) is 0.692. The van der Waals surface area contributed by atoms with Gasteiger partial charge < -0.3 is 14.5 Å². The summed E-state index contributed by atoms with van der Waals surface area (Å²) in [7, 11) is 1.66. The summed E-state index contributed by atoms with van der Waals surface area (Å²) in [5.74, 6) is 2.24. The molecular formula is C26H40N2O3. The highest BCUT2D eigenvalue weighted by Gasteiger charge is 2.34. The molecule has 0 aromatic heterocycles. The molecule has 0 bridgehead atoms. The molecule has 31 heavy (non-hydrogen) atoms. The number of carbonyl (C=O) groups excluding carboxylic acids is 2. The van der Waals surface area contributed by atoms with Gasteiger partial charge in [0.2, 0.25) is 11.8 Å². The summed E-state index contributed by atoms with van der Waals surface area (Å²) in [4.78, 5) is 29.8. The standard InChI is InChI=1S/C26H40N2O3/c1-26(2,3)22-11-9-21(10-12-22)25(30)28-17-5-16-27(18-19-28)24(29)15-8-20-6-13-23(31-4)14-7-20/h6-7,13-14,21-22H,5,8-12,15-19H2,1-4H3. The second kappa shape index (κ2) is 10.5. The first kappa shape index (κ1) is 23.6. The minimum absolute atomic E-state index is 0.177. The van der Waals surface area contributed by atoms with E-state index in [9.17, 15) is 9.59 Å². The maximum absolute atomic E-state index is 13.1. The summed E-state index contributed by atoms with van der Waals surface area (Å²) in [6, 6.07) is 7.90. The molecule has 1 heterocycles.